The second kappa shape index (κ2) is 10.5. The summed E-state index contributed by atoms with van der Waals surface area (Å²) in [6, 6.07) is 15.5. The predicted octanol–water partition coefficient (Wildman–Crippen LogP) is 5.54. The first-order chi connectivity index (χ1) is 16.7. The van der Waals surface area contributed by atoms with Crippen LogP contribution in [0.15, 0.2) is 75.9 Å². The number of amidine groups is 1. The fourth-order valence-corrected chi connectivity index (χ4v) is 5.36. The highest BCUT2D eigenvalue weighted by atomic mass is 32.2. The highest BCUT2D eigenvalue weighted by Gasteiger charge is 2.41. The van der Waals surface area contributed by atoms with Gasteiger partial charge in [-0.25, -0.2) is 9.79 Å². The SMILES string of the molecule is CC1=C(C(=O)OCc2ccccc2)[C@H](c2ccc(C)cc2C)N2C(CC(=O)NC(C)C)=CSC2=N1. The molecule has 0 saturated carbocycles. The molecule has 1 N–H and O–H groups in total. The van der Waals surface area contributed by atoms with Crippen LogP contribution in [0.25, 0.3) is 0 Å². The van der Waals surface area contributed by atoms with Gasteiger partial charge in [-0.05, 0) is 56.7 Å². The highest BCUT2D eigenvalue weighted by Crippen LogP contribution is 2.45. The van der Waals surface area contributed by atoms with Gasteiger partial charge in [-0.15, -0.1) is 0 Å². The molecular weight excluding hydrogens is 458 g/mol. The van der Waals surface area contributed by atoms with Crippen molar-refractivity contribution in [1.82, 2.24) is 10.2 Å². The number of carbonyl (C=O) groups is 2. The molecule has 6 nitrogen and oxygen atoms in total. The lowest BCUT2D eigenvalue weighted by molar-refractivity contribution is -0.141. The van der Waals surface area contributed by atoms with Crippen LogP contribution in [-0.4, -0.2) is 28.0 Å². The molecule has 0 unspecified atom stereocenters. The molecule has 0 saturated heterocycles. The molecule has 1 amide bonds. The zero-order valence-electron chi connectivity index (χ0n) is 20.8. The van der Waals surface area contributed by atoms with Gasteiger partial charge in [0.25, 0.3) is 0 Å². The van der Waals surface area contributed by atoms with E-state index in [1.54, 1.807) is 0 Å². The summed E-state index contributed by atoms with van der Waals surface area (Å²) in [6.07, 6.45) is 0.205. The van der Waals surface area contributed by atoms with Crippen molar-refractivity contribution in [2.75, 3.05) is 0 Å². The van der Waals surface area contributed by atoms with Crippen molar-refractivity contribution in [2.45, 2.75) is 59.7 Å². The summed E-state index contributed by atoms with van der Waals surface area (Å²) in [5.74, 6) is -0.464. The molecule has 2 heterocycles. The number of amides is 1. The number of esters is 1. The average Bonchev–Trinajstić information content (AvgIpc) is 3.18. The van der Waals surface area contributed by atoms with Crippen molar-refractivity contribution in [1.29, 1.82) is 0 Å². The Morgan fingerprint density at radius 1 is 1.11 bits per heavy atom. The number of nitrogens with one attached hydrogen (secondary N) is 1. The number of aliphatic imine (C=N–C) groups is 1. The van der Waals surface area contributed by atoms with Crippen LogP contribution in [0, 0.1) is 13.8 Å². The predicted molar refractivity (Wildman–Crippen MR) is 140 cm³/mol. The number of hydrogen-bond acceptors (Lipinski definition) is 6. The lowest BCUT2D eigenvalue weighted by Gasteiger charge is -2.37. The first kappa shape index (κ1) is 24.8. The van der Waals surface area contributed by atoms with E-state index in [0.29, 0.717) is 11.3 Å². The topological polar surface area (TPSA) is 71.0 Å². The van der Waals surface area contributed by atoms with E-state index < -0.39 is 12.0 Å². The molecule has 2 aliphatic rings. The summed E-state index contributed by atoms with van der Waals surface area (Å²) >= 11 is 1.48. The van der Waals surface area contributed by atoms with Crippen LogP contribution >= 0.6 is 11.8 Å². The monoisotopic (exact) mass is 489 g/mol. The maximum Gasteiger partial charge on any atom is 0.338 e. The molecule has 0 aromatic heterocycles. The number of carbonyl (C=O) groups excluding carboxylic acids is 2. The third kappa shape index (κ3) is 5.51. The molecule has 0 spiro atoms. The van der Waals surface area contributed by atoms with Gasteiger partial charge in [-0.2, -0.15) is 0 Å². The van der Waals surface area contributed by atoms with Crippen LogP contribution in [0.1, 0.15) is 55.5 Å². The molecule has 0 bridgehead atoms. The van der Waals surface area contributed by atoms with E-state index in [0.717, 1.165) is 33.1 Å². The minimum absolute atomic E-state index is 0.0486. The summed E-state index contributed by atoms with van der Waals surface area (Å²) in [6.45, 7) is 10.0. The first-order valence-corrected chi connectivity index (χ1v) is 12.6. The zero-order chi connectivity index (χ0) is 25.1. The number of fused-ring (bicyclic) bond motifs is 1. The van der Waals surface area contributed by atoms with Gasteiger partial charge in [0.15, 0.2) is 5.17 Å². The number of aryl methyl sites for hydroxylation is 2. The molecule has 2 aromatic rings. The number of rotatable bonds is 7. The van der Waals surface area contributed by atoms with Crippen molar-refractivity contribution in [3.63, 3.8) is 0 Å². The van der Waals surface area contributed by atoms with Gasteiger partial charge in [-0.3, -0.25) is 4.79 Å². The Hall–Kier alpha value is -3.32. The fourth-order valence-electron chi connectivity index (χ4n) is 4.40. The molecule has 1 atom stereocenters. The second-order valence-corrected chi connectivity index (χ2v) is 10.1. The van der Waals surface area contributed by atoms with E-state index in [-0.39, 0.29) is 25.0 Å². The van der Waals surface area contributed by atoms with Crippen LogP contribution in [0.5, 0.6) is 0 Å². The van der Waals surface area contributed by atoms with Gasteiger partial charge < -0.3 is 15.0 Å². The maximum atomic E-state index is 13.5. The van der Waals surface area contributed by atoms with Crippen LogP contribution in [0.3, 0.4) is 0 Å². The number of thioether (sulfide) groups is 1. The molecule has 0 fully saturated rings. The van der Waals surface area contributed by atoms with Gasteiger partial charge in [0.1, 0.15) is 6.61 Å². The molecule has 0 aliphatic carbocycles. The summed E-state index contributed by atoms with van der Waals surface area (Å²) in [5, 5.41) is 5.68. The quantitative estimate of drug-likeness (QED) is 0.518. The van der Waals surface area contributed by atoms with Crippen LogP contribution < -0.4 is 5.32 Å². The Morgan fingerprint density at radius 2 is 1.86 bits per heavy atom. The zero-order valence-corrected chi connectivity index (χ0v) is 21.6. The van der Waals surface area contributed by atoms with Crippen molar-refractivity contribution in [3.05, 3.63) is 93.2 Å². The van der Waals surface area contributed by atoms with Crippen molar-refractivity contribution in [2.24, 2.45) is 4.99 Å². The molecule has 4 rings (SSSR count). The lowest BCUT2D eigenvalue weighted by atomic mass is 9.90. The van der Waals surface area contributed by atoms with E-state index >= 15 is 0 Å². The number of nitrogens with zero attached hydrogens (tertiary/aromatic N) is 2. The van der Waals surface area contributed by atoms with Gasteiger partial charge in [0, 0.05) is 11.7 Å². The second-order valence-electron chi connectivity index (χ2n) is 9.21. The van der Waals surface area contributed by atoms with Gasteiger partial charge >= 0.3 is 5.97 Å². The van der Waals surface area contributed by atoms with E-state index in [1.165, 1.54) is 11.8 Å². The normalized spacial score (nSPS) is 17.2. The Balaban J connectivity index is 1.71. The Morgan fingerprint density at radius 3 is 2.54 bits per heavy atom. The van der Waals surface area contributed by atoms with E-state index in [2.05, 4.69) is 17.4 Å². The Labute approximate surface area is 211 Å². The van der Waals surface area contributed by atoms with E-state index in [1.807, 2.05) is 81.3 Å². The van der Waals surface area contributed by atoms with Gasteiger partial charge in [-0.1, -0.05) is 65.9 Å². The molecular formula is C28H31N3O3S. The number of hydrogen-bond donors (Lipinski definition) is 1. The lowest BCUT2D eigenvalue weighted by Crippen LogP contribution is -2.39. The first-order valence-electron chi connectivity index (χ1n) is 11.8. The van der Waals surface area contributed by atoms with Gasteiger partial charge in [0.05, 0.1) is 23.7 Å². The summed E-state index contributed by atoms with van der Waals surface area (Å²) in [7, 11) is 0. The molecule has 2 aliphatic heterocycles. The maximum absolute atomic E-state index is 13.5. The van der Waals surface area contributed by atoms with Crippen molar-refractivity contribution >= 4 is 28.8 Å². The molecule has 182 valence electrons. The summed E-state index contributed by atoms with van der Waals surface area (Å²) < 4.78 is 5.77. The average molecular weight is 490 g/mol. The molecule has 2 aromatic carbocycles. The smallest absolute Gasteiger partial charge is 0.338 e. The Kier molecular flexibility index (Phi) is 7.45. The van der Waals surface area contributed by atoms with Crippen LogP contribution in [0.2, 0.25) is 0 Å². The molecule has 0 radical (unpaired) electrons. The fraction of sp³-hybridized carbons (Fsp3) is 0.321. The van der Waals surface area contributed by atoms with Crippen molar-refractivity contribution in [3.8, 4) is 0 Å². The minimum Gasteiger partial charge on any atom is -0.457 e. The third-order valence-electron chi connectivity index (χ3n) is 5.94. The standard InChI is InChI=1S/C28H31N3O3S/c1-17(2)29-24(32)14-22-16-35-28-30-20(5)25(27(33)34-15-21-9-7-6-8-10-21)26(31(22)28)23-12-11-18(3)13-19(23)4/h6-13,16-17,26H,14-15H2,1-5H3,(H,29,32)/t26-/m0/s1. The molecule has 7 heteroatoms. The highest BCUT2D eigenvalue weighted by molar-refractivity contribution is 8.16. The number of benzene rings is 2. The number of ether oxygens (including phenoxy) is 1. The van der Waals surface area contributed by atoms with Crippen LogP contribution in [0.4, 0.5) is 0 Å². The largest absolute Gasteiger partial charge is 0.457 e. The molecule has 35 heavy (non-hydrogen) atoms. The minimum atomic E-state index is -0.431. The summed E-state index contributed by atoms with van der Waals surface area (Å²) in [4.78, 5) is 32.9. The van der Waals surface area contributed by atoms with Crippen LogP contribution in [-0.2, 0) is 20.9 Å². The summed E-state index contributed by atoms with van der Waals surface area (Å²) in [5.41, 5.74) is 6.07. The van der Waals surface area contributed by atoms with E-state index in [9.17, 15) is 9.59 Å². The Bertz CT molecular complexity index is 1230. The van der Waals surface area contributed by atoms with Crippen molar-refractivity contribution < 1.29 is 14.3 Å². The van der Waals surface area contributed by atoms with E-state index in [4.69, 9.17) is 9.73 Å². The number of allylic oxidation sites excluding steroid dienone is 1. The van der Waals surface area contributed by atoms with Gasteiger partial charge in [0.2, 0.25) is 5.91 Å². The third-order valence-corrected chi connectivity index (χ3v) is 6.83.